The molecule has 2 aromatic carbocycles. The van der Waals surface area contributed by atoms with E-state index in [4.69, 9.17) is 16.3 Å². The first-order valence-electron chi connectivity index (χ1n) is 8.57. The minimum atomic E-state index is -4.17. The van der Waals surface area contributed by atoms with E-state index >= 15 is 0 Å². The molecule has 0 bridgehead atoms. The van der Waals surface area contributed by atoms with Gasteiger partial charge in [0.2, 0.25) is 15.7 Å². The summed E-state index contributed by atoms with van der Waals surface area (Å²) in [6.07, 6.45) is 0.923. The van der Waals surface area contributed by atoms with Gasteiger partial charge in [-0.2, -0.15) is 0 Å². The summed E-state index contributed by atoms with van der Waals surface area (Å²) in [6, 6.07) is 9.04. The van der Waals surface area contributed by atoms with Crippen molar-refractivity contribution in [2.75, 3.05) is 18.2 Å². The molecular formula is C19H15ClFN3O5S2. The molecule has 12 heteroatoms. The van der Waals surface area contributed by atoms with Crippen molar-refractivity contribution in [2.45, 2.75) is 14.9 Å². The fourth-order valence-electron chi connectivity index (χ4n) is 2.44. The number of benzene rings is 2. The molecule has 0 spiro atoms. The fraction of sp³-hybridized carbons (Fsp3) is 0.105. The Morgan fingerprint density at radius 1 is 1.26 bits per heavy atom. The first-order chi connectivity index (χ1) is 14.7. The van der Waals surface area contributed by atoms with Gasteiger partial charge in [0.25, 0.3) is 5.56 Å². The van der Waals surface area contributed by atoms with Gasteiger partial charge in [-0.05, 0) is 42.5 Å². The molecule has 162 valence electrons. The van der Waals surface area contributed by atoms with E-state index in [-0.39, 0.29) is 20.8 Å². The van der Waals surface area contributed by atoms with Crippen LogP contribution in [0.3, 0.4) is 0 Å². The van der Waals surface area contributed by atoms with Crippen molar-refractivity contribution in [3.8, 4) is 5.75 Å². The molecule has 0 aliphatic rings. The predicted octanol–water partition coefficient (Wildman–Crippen LogP) is 3.13. The Balaban J connectivity index is 1.72. The number of thioether (sulfide) groups is 1. The monoisotopic (exact) mass is 483 g/mol. The van der Waals surface area contributed by atoms with Gasteiger partial charge < -0.3 is 15.0 Å². The van der Waals surface area contributed by atoms with Crippen molar-refractivity contribution >= 4 is 44.8 Å². The number of ether oxygens (including phenoxy) is 1. The van der Waals surface area contributed by atoms with Gasteiger partial charge in [0, 0.05) is 5.69 Å². The number of methoxy groups -OCH3 is 1. The SMILES string of the molecule is COc1ccc(S(=O)(=O)c2cnc(SCC(=O)Nc3ccc(F)cc3)[nH]c2=O)cc1Cl. The summed E-state index contributed by atoms with van der Waals surface area (Å²) in [5.41, 5.74) is -0.476. The van der Waals surface area contributed by atoms with Crippen LogP contribution in [0.2, 0.25) is 5.02 Å². The average molecular weight is 484 g/mol. The molecule has 8 nitrogen and oxygen atoms in total. The van der Waals surface area contributed by atoms with Crippen molar-refractivity contribution in [2.24, 2.45) is 0 Å². The number of nitrogens with one attached hydrogen (secondary N) is 2. The third-order valence-electron chi connectivity index (χ3n) is 3.93. The fourth-order valence-corrected chi connectivity index (χ4v) is 4.65. The second kappa shape index (κ2) is 9.50. The normalized spacial score (nSPS) is 11.2. The largest absolute Gasteiger partial charge is 0.495 e. The number of halogens is 2. The number of hydrogen-bond acceptors (Lipinski definition) is 7. The number of amides is 1. The van der Waals surface area contributed by atoms with Crippen LogP contribution in [0.15, 0.2) is 68.4 Å². The number of rotatable bonds is 7. The zero-order valence-corrected chi connectivity index (χ0v) is 18.3. The molecular weight excluding hydrogens is 469 g/mol. The van der Waals surface area contributed by atoms with E-state index in [9.17, 15) is 22.4 Å². The quantitative estimate of drug-likeness (QED) is 0.391. The topological polar surface area (TPSA) is 118 Å². The lowest BCUT2D eigenvalue weighted by Crippen LogP contribution is -2.20. The van der Waals surface area contributed by atoms with Crippen LogP contribution in [0.5, 0.6) is 5.75 Å². The van der Waals surface area contributed by atoms with Gasteiger partial charge in [0.05, 0.1) is 29.0 Å². The molecule has 3 rings (SSSR count). The van der Waals surface area contributed by atoms with Crippen LogP contribution in [-0.4, -0.2) is 37.2 Å². The standard InChI is InChI=1S/C19H15ClFN3O5S2/c1-29-15-7-6-13(8-14(15)20)31(27,28)16-9-22-19(24-18(16)26)30-10-17(25)23-12-4-2-11(21)3-5-12/h2-9H,10H2,1H3,(H,23,25)(H,22,24,26). The Labute approximate surface area is 185 Å². The molecule has 1 heterocycles. The van der Waals surface area contributed by atoms with Crippen LogP contribution in [0.1, 0.15) is 0 Å². The number of hydrogen-bond donors (Lipinski definition) is 2. The molecule has 1 aromatic heterocycles. The first-order valence-corrected chi connectivity index (χ1v) is 11.4. The second-order valence-electron chi connectivity index (χ2n) is 6.03. The summed E-state index contributed by atoms with van der Waals surface area (Å²) < 4.78 is 43.4. The molecule has 0 unspecified atom stereocenters. The van der Waals surface area contributed by atoms with Crippen molar-refractivity contribution in [3.63, 3.8) is 0 Å². The molecule has 3 aromatic rings. The Morgan fingerprint density at radius 2 is 1.97 bits per heavy atom. The zero-order valence-electron chi connectivity index (χ0n) is 15.9. The summed E-state index contributed by atoms with van der Waals surface area (Å²) in [7, 11) is -2.79. The number of anilines is 1. The minimum absolute atomic E-state index is 0.0611. The lowest BCUT2D eigenvalue weighted by Gasteiger charge is -2.08. The lowest BCUT2D eigenvalue weighted by atomic mass is 10.3. The van der Waals surface area contributed by atoms with Crippen LogP contribution in [0.4, 0.5) is 10.1 Å². The van der Waals surface area contributed by atoms with E-state index < -0.39 is 32.0 Å². The summed E-state index contributed by atoms with van der Waals surface area (Å²) in [6.45, 7) is 0. The van der Waals surface area contributed by atoms with Crippen molar-refractivity contribution < 1.29 is 22.3 Å². The molecule has 1 amide bonds. The van der Waals surface area contributed by atoms with Gasteiger partial charge in [-0.3, -0.25) is 9.59 Å². The van der Waals surface area contributed by atoms with Crippen molar-refractivity contribution in [1.82, 2.24) is 9.97 Å². The highest BCUT2D eigenvalue weighted by Crippen LogP contribution is 2.29. The molecule has 0 fully saturated rings. The van der Waals surface area contributed by atoms with E-state index in [0.717, 1.165) is 18.0 Å². The Morgan fingerprint density at radius 3 is 2.58 bits per heavy atom. The smallest absolute Gasteiger partial charge is 0.270 e. The molecule has 0 aliphatic heterocycles. The molecule has 0 aliphatic carbocycles. The Hall–Kier alpha value is -2.89. The molecule has 0 saturated carbocycles. The number of carbonyl (C=O) groups is 1. The number of sulfone groups is 1. The van der Waals surface area contributed by atoms with E-state index in [2.05, 4.69) is 15.3 Å². The average Bonchev–Trinajstić information content (AvgIpc) is 2.73. The maximum Gasteiger partial charge on any atom is 0.270 e. The van der Waals surface area contributed by atoms with Crippen LogP contribution in [0.25, 0.3) is 0 Å². The maximum atomic E-state index is 12.9. The highest BCUT2D eigenvalue weighted by molar-refractivity contribution is 7.99. The van der Waals surface area contributed by atoms with Gasteiger partial charge in [0.1, 0.15) is 11.6 Å². The van der Waals surface area contributed by atoms with E-state index in [1.165, 1.54) is 49.6 Å². The predicted molar refractivity (Wildman–Crippen MR) is 114 cm³/mol. The van der Waals surface area contributed by atoms with E-state index in [1.54, 1.807) is 0 Å². The summed E-state index contributed by atoms with van der Waals surface area (Å²) in [5.74, 6) is -0.663. The lowest BCUT2D eigenvalue weighted by molar-refractivity contribution is -0.113. The third-order valence-corrected chi connectivity index (χ3v) is 6.86. The highest BCUT2D eigenvalue weighted by atomic mass is 35.5. The van der Waals surface area contributed by atoms with Gasteiger partial charge in [-0.15, -0.1) is 0 Å². The summed E-state index contributed by atoms with van der Waals surface area (Å²) >= 11 is 6.88. The second-order valence-corrected chi connectivity index (χ2v) is 9.31. The van der Waals surface area contributed by atoms with Crippen molar-refractivity contribution in [3.05, 3.63) is 69.9 Å². The number of aromatic nitrogens is 2. The van der Waals surface area contributed by atoms with Gasteiger partial charge in [-0.1, -0.05) is 23.4 Å². The first kappa shape index (κ1) is 22.8. The number of carbonyl (C=O) groups excluding carboxylic acids is 1. The van der Waals surface area contributed by atoms with Gasteiger partial charge in [-0.25, -0.2) is 17.8 Å². The van der Waals surface area contributed by atoms with Crippen LogP contribution >= 0.6 is 23.4 Å². The van der Waals surface area contributed by atoms with Crippen LogP contribution in [-0.2, 0) is 14.6 Å². The minimum Gasteiger partial charge on any atom is -0.495 e. The van der Waals surface area contributed by atoms with Gasteiger partial charge >= 0.3 is 0 Å². The van der Waals surface area contributed by atoms with Crippen LogP contribution < -0.4 is 15.6 Å². The molecule has 2 N–H and O–H groups in total. The molecule has 31 heavy (non-hydrogen) atoms. The molecule has 0 atom stereocenters. The van der Waals surface area contributed by atoms with Gasteiger partial charge in [0.15, 0.2) is 10.1 Å². The number of H-pyrrole nitrogens is 1. The Bertz CT molecular complexity index is 1280. The molecule has 0 saturated heterocycles. The summed E-state index contributed by atoms with van der Waals surface area (Å²) in [5, 5.41) is 2.70. The number of nitrogens with zero attached hydrogens (tertiary/aromatic N) is 1. The zero-order chi connectivity index (χ0) is 22.6. The highest BCUT2D eigenvalue weighted by Gasteiger charge is 2.23. The van der Waals surface area contributed by atoms with E-state index in [1.807, 2.05) is 0 Å². The Kier molecular flexibility index (Phi) is 6.98. The van der Waals surface area contributed by atoms with Crippen molar-refractivity contribution in [1.29, 1.82) is 0 Å². The third kappa shape index (κ3) is 5.43. The maximum absolute atomic E-state index is 12.9. The van der Waals surface area contributed by atoms with Crippen LogP contribution in [0, 0.1) is 5.82 Å². The molecule has 0 radical (unpaired) electrons. The van der Waals surface area contributed by atoms with E-state index in [0.29, 0.717) is 11.4 Å². The summed E-state index contributed by atoms with van der Waals surface area (Å²) in [4.78, 5) is 29.9. The number of aromatic amines is 1.